The monoisotopic (exact) mass is 220 g/mol. The number of amides is 1. The third-order valence-corrected chi connectivity index (χ3v) is 2.45. The van der Waals surface area contributed by atoms with Crippen molar-refractivity contribution in [3.8, 4) is 0 Å². The zero-order chi connectivity index (χ0) is 11.8. The average molecular weight is 220 g/mol. The van der Waals surface area contributed by atoms with Crippen LogP contribution in [0.5, 0.6) is 0 Å². The molecule has 1 aromatic rings. The first kappa shape index (κ1) is 12.7. The Morgan fingerprint density at radius 3 is 2.88 bits per heavy atom. The Morgan fingerprint density at radius 2 is 2.19 bits per heavy atom. The predicted octanol–water partition coefficient (Wildman–Crippen LogP) is 1.61. The van der Waals surface area contributed by atoms with Gasteiger partial charge < -0.3 is 10.6 Å². The van der Waals surface area contributed by atoms with Crippen molar-refractivity contribution in [3.63, 3.8) is 0 Å². The minimum Gasteiger partial charge on any atom is -0.359 e. The number of benzene rings is 1. The molecule has 3 heteroatoms. The normalized spacial score (nSPS) is 10.1. The van der Waals surface area contributed by atoms with Crippen molar-refractivity contribution in [3.05, 3.63) is 35.4 Å². The number of rotatable bonds is 6. The van der Waals surface area contributed by atoms with Gasteiger partial charge in [-0.1, -0.05) is 29.8 Å². The first-order valence-corrected chi connectivity index (χ1v) is 5.69. The molecule has 0 unspecified atom stereocenters. The maximum absolute atomic E-state index is 11.0. The molecule has 1 aromatic carbocycles. The standard InChI is InChI=1S/C13H20N2O/c1-11-5-3-6-12(9-11)10-15-8-4-7-13(16)14-2/h3,5-6,9,15H,4,7-8,10H2,1-2H3,(H,14,16). The van der Waals surface area contributed by atoms with Gasteiger partial charge in [-0.2, -0.15) is 0 Å². The Balaban J connectivity index is 2.14. The Labute approximate surface area is 97.2 Å². The minimum absolute atomic E-state index is 0.109. The molecule has 88 valence electrons. The van der Waals surface area contributed by atoms with Crippen LogP contribution < -0.4 is 10.6 Å². The maximum atomic E-state index is 11.0. The van der Waals surface area contributed by atoms with Gasteiger partial charge in [-0.15, -0.1) is 0 Å². The van der Waals surface area contributed by atoms with Gasteiger partial charge >= 0.3 is 0 Å². The van der Waals surface area contributed by atoms with Crippen molar-refractivity contribution in [1.82, 2.24) is 10.6 Å². The van der Waals surface area contributed by atoms with Crippen LogP contribution in [0.4, 0.5) is 0 Å². The summed E-state index contributed by atoms with van der Waals surface area (Å²) in [6.07, 6.45) is 1.48. The molecule has 16 heavy (non-hydrogen) atoms. The van der Waals surface area contributed by atoms with Gasteiger partial charge in [0.2, 0.25) is 5.91 Å². The second kappa shape index (κ2) is 7.01. The van der Waals surface area contributed by atoms with E-state index in [1.807, 2.05) is 0 Å². The van der Waals surface area contributed by atoms with Gasteiger partial charge in [-0.05, 0) is 25.5 Å². The smallest absolute Gasteiger partial charge is 0.219 e. The fraction of sp³-hybridized carbons (Fsp3) is 0.462. The van der Waals surface area contributed by atoms with E-state index in [-0.39, 0.29) is 5.91 Å². The van der Waals surface area contributed by atoms with E-state index in [9.17, 15) is 4.79 Å². The fourth-order valence-corrected chi connectivity index (χ4v) is 1.55. The first-order valence-electron chi connectivity index (χ1n) is 5.69. The molecule has 0 saturated carbocycles. The molecule has 0 saturated heterocycles. The maximum Gasteiger partial charge on any atom is 0.219 e. The summed E-state index contributed by atoms with van der Waals surface area (Å²) in [5.41, 5.74) is 2.57. The number of nitrogens with one attached hydrogen (secondary N) is 2. The number of carbonyl (C=O) groups is 1. The van der Waals surface area contributed by atoms with Crippen molar-refractivity contribution in [1.29, 1.82) is 0 Å². The van der Waals surface area contributed by atoms with E-state index in [0.29, 0.717) is 6.42 Å². The van der Waals surface area contributed by atoms with Crippen molar-refractivity contribution in [2.24, 2.45) is 0 Å². The van der Waals surface area contributed by atoms with E-state index < -0.39 is 0 Å². The van der Waals surface area contributed by atoms with E-state index in [2.05, 4.69) is 41.8 Å². The Hall–Kier alpha value is -1.35. The second-order valence-electron chi connectivity index (χ2n) is 3.94. The van der Waals surface area contributed by atoms with E-state index in [4.69, 9.17) is 0 Å². The fourth-order valence-electron chi connectivity index (χ4n) is 1.55. The molecular weight excluding hydrogens is 200 g/mol. The lowest BCUT2D eigenvalue weighted by Crippen LogP contribution is -2.20. The molecule has 0 aliphatic heterocycles. The van der Waals surface area contributed by atoms with E-state index >= 15 is 0 Å². The van der Waals surface area contributed by atoms with Crippen molar-refractivity contribution in [2.45, 2.75) is 26.3 Å². The number of aryl methyl sites for hydroxylation is 1. The average Bonchev–Trinajstić information content (AvgIpc) is 2.28. The molecule has 0 spiro atoms. The Bertz CT molecular complexity index is 336. The molecule has 0 bridgehead atoms. The molecule has 1 amide bonds. The van der Waals surface area contributed by atoms with Gasteiger partial charge in [0.1, 0.15) is 0 Å². The summed E-state index contributed by atoms with van der Waals surface area (Å²) in [7, 11) is 1.67. The van der Waals surface area contributed by atoms with Gasteiger partial charge in [0.05, 0.1) is 0 Å². The molecule has 0 fully saturated rings. The van der Waals surface area contributed by atoms with Crippen LogP contribution in [0.25, 0.3) is 0 Å². The van der Waals surface area contributed by atoms with Gasteiger partial charge in [-0.3, -0.25) is 4.79 Å². The summed E-state index contributed by atoms with van der Waals surface area (Å²) >= 11 is 0. The van der Waals surface area contributed by atoms with Crippen LogP contribution in [0.15, 0.2) is 24.3 Å². The second-order valence-corrected chi connectivity index (χ2v) is 3.94. The summed E-state index contributed by atoms with van der Waals surface area (Å²) < 4.78 is 0. The first-order chi connectivity index (χ1) is 7.72. The summed E-state index contributed by atoms with van der Waals surface area (Å²) in [4.78, 5) is 11.0. The van der Waals surface area contributed by atoms with Crippen LogP contribution in [-0.4, -0.2) is 19.5 Å². The van der Waals surface area contributed by atoms with Crippen LogP contribution in [-0.2, 0) is 11.3 Å². The third kappa shape index (κ3) is 4.94. The number of carbonyl (C=O) groups excluding carboxylic acids is 1. The van der Waals surface area contributed by atoms with E-state index in [1.54, 1.807) is 7.05 Å². The molecule has 1 rings (SSSR count). The highest BCUT2D eigenvalue weighted by molar-refractivity contribution is 5.75. The van der Waals surface area contributed by atoms with Gasteiger partial charge in [-0.25, -0.2) is 0 Å². The lowest BCUT2D eigenvalue weighted by Gasteiger charge is -2.05. The van der Waals surface area contributed by atoms with Crippen LogP contribution >= 0.6 is 0 Å². The molecule has 0 atom stereocenters. The van der Waals surface area contributed by atoms with Crippen LogP contribution in [0.2, 0.25) is 0 Å². The zero-order valence-corrected chi connectivity index (χ0v) is 10.0. The van der Waals surface area contributed by atoms with Gasteiger partial charge in [0.15, 0.2) is 0 Å². The van der Waals surface area contributed by atoms with Crippen LogP contribution in [0.3, 0.4) is 0 Å². The molecule has 0 aliphatic carbocycles. The molecule has 2 N–H and O–H groups in total. The lowest BCUT2D eigenvalue weighted by molar-refractivity contribution is -0.120. The minimum atomic E-state index is 0.109. The highest BCUT2D eigenvalue weighted by Gasteiger charge is 1.97. The quantitative estimate of drug-likeness (QED) is 0.715. The third-order valence-electron chi connectivity index (χ3n) is 2.45. The highest BCUT2D eigenvalue weighted by Crippen LogP contribution is 2.03. The molecule has 0 heterocycles. The number of hydrogen-bond donors (Lipinski definition) is 2. The van der Waals surface area contributed by atoms with Gasteiger partial charge in [0, 0.05) is 20.0 Å². The van der Waals surface area contributed by atoms with Crippen molar-refractivity contribution in [2.75, 3.05) is 13.6 Å². The SMILES string of the molecule is CNC(=O)CCCNCc1cccc(C)c1. The zero-order valence-electron chi connectivity index (χ0n) is 10.0. The highest BCUT2D eigenvalue weighted by atomic mass is 16.1. The molecule has 0 aromatic heterocycles. The Kier molecular flexibility index (Phi) is 5.57. The molecular formula is C13H20N2O. The summed E-state index contributed by atoms with van der Waals surface area (Å²) in [6, 6.07) is 8.44. The summed E-state index contributed by atoms with van der Waals surface area (Å²) in [5.74, 6) is 0.109. The van der Waals surface area contributed by atoms with Crippen molar-refractivity contribution >= 4 is 5.91 Å². The van der Waals surface area contributed by atoms with Crippen LogP contribution in [0, 0.1) is 6.92 Å². The van der Waals surface area contributed by atoms with E-state index in [0.717, 1.165) is 19.5 Å². The topological polar surface area (TPSA) is 41.1 Å². The Morgan fingerprint density at radius 1 is 1.38 bits per heavy atom. The predicted molar refractivity (Wildman–Crippen MR) is 66.2 cm³/mol. The number of hydrogen-bond acceptors (Lipinski definition) is 2. The summed E-state index contributed by atoms with van der Waals surface area (Å²) in [5, 5.41) is 5.94. The van der Waals surface area contributed by atoms with Crippen LogP contribution in [0.1, 0.15) is 24.0 Å². The molecule has 3 nitrogen and oxygen atoms in total. The lowest BCUT2D eigenvalue weighted by atomic mass is 10.1. The molecule has 0 radical (unpaired) electrons. The van der Waals surface area contributed by atoms with E-state index in [1.165, 1.54) is 11.1 Å². The summed E-state index contributed by atoms with van der Waals surface area (Å²) in [6.45, 7) is 3.84. The largest absolute Gasteiger partial charge is 0.359 e. The van der Waals surface area contributed by atoms with Gasteiger partial charge in [0.25, 0.3) is 0 Å². The molecule has 0 aliphatic rings. The van der Waals surface area contributed by atoms with Crippen molar-refractivity contribution < 1.29 is 4.79 Å².